The van der Waals surface area contributed by atoms with Crippen molar-refractivity contribution < 1.29 is 28.3 Å². The van der Waals surface area contributed by atoms with Gasteiger partial charge in [0.25, 0.3) is 0 Å². The van der Waals surface area contributed by atoms with Crippen molar-refractivity contribution in [3.05, 3.63) is 65.7 Å². The Bertz CT molecular complexity index is 1010. The highest BCUT2D eigenvalue weighted by Gasteiger charge is 2.39. The molecular formula is C24H30N2O6S2. The Kier molecular flexibility index (Phi) is 10.3. The van der Waals surface area contributed by atoms with E-state index in [2.05, 4.69) is 17.9 Å². The van der Waals surface area contributed by atoms with Crippen LogP contribution in [0.1, 0.15) is 44.2 Å². The number of imide groups is 1. The van der Waals surface area contributed by atoms with Crippen LogP contribution < -0.4 is 5.32 Å². The lowest BCUT2D eigenvalue weighted by molar-refractivity contribution is -0.148. The lowest BCUT2D eigenvalue weighted by atomic mass is 9.95. The molecule has 0 aromatic heterocycles. The summed E-state index contributed by atoms with van der Waals surface area (Å²) in [5, 5.41) is 11.5. The molecule has 0 aliphatic heterocycles. The molecule has 4 atom stereocenters. The quantitative estimate of drug-likeness (QED) is 0.280. The summed E-state index contributed by atoms with van der Waals surface area (Å²) in [5.41, 5.74) is 1.74. The monoisotopic (exact) mass is 506 g/mol. The van der Waals surface area contributed by atoms with Gasteiger partial charge >= 0.3 is 12.0 Å². The van der Waals surface area contributed by atoms with Crippen molar-refractivity contribution in [2.75, 3.05) is 5.32 Å². The number of hydrogen-bond donors (Lipinski definition) is 4. The first-order valence-electron chi connectivity index (χ1n) is 10.8. The molecule has 0 fully saturated rings. The van der Waals surface area contributed by atoms with Crippen molar-refractivity contribution in [3.8, 4) is 0 Å². The molecule has 3 amide bonds. The number of rotatable bonds is 10. The zero-order valence-corrected chi connectivity index (χ0v) is 21.0. The molecule has 8 nitrogen and oxygen atoms in total. The maximum atomic E-state index is 13.5. The Morgan fingerprint density at radius 1 is 1.03 bits per heavy atom. The third kappa shape index (κ3) is 7.68. The van der Waals surface area contributed by atoms with E-state index in [4.69, 9.17) is 4.55 Å². The van der Waals surface area contributed by atoms with Gasteiger partial charge in [0.1, 0.15) is 6.04 Å². The van der Waals surface area contributed by atoms with Crippen molar-refractivity contribution in [2.45, 2.75) is 50.2 Å². The van der Waals surface area contributed by atoms with E-state index in [1.165, 1.54) is 12.1 Å². The van der Waals surface area contributed by atoms with Crippen molar-refractivity contribution in [1.82, 2.24) is 4.90 Å². The first kappa shape index (κ1) is 27.6. The number of aliphatic carboxylic acids is 1. The number of hydrogen-bond acceptors (Lipinski definition) is 5. The standard InChI is InChI=1S/C24H30N2O6S2/c1-15(2)13-20(23(28)29)26(22(27)21(33)16(3)18-7-5-4-6-8-18)24(30)25-19-11-9-17(10-12-19)14-34(31)32/h4-12,15-16,20-21,33H,13-14H2,1-3H3,(H,25,30)(H,28,29)(H,31,32)/t16?,20-,21?/m0/s1. The summed E-state index contributed by atoms with van der Waals surface area (Å²) in [6.07, 6.45) is 0.0793. The van der Waals surface area contributed by atoms with Gasteiger partial charge in [-0.05, 0) is 35.6 Å². The van der Waals surface area contributed by atoms with E-state index in [1.807, 2.05) is 44.2 Å². The Morgan fingerprint density at radius 3 is 2.12 bits per heavy atom. The number of urea groups is 1. The number of benzene rings is 2. The predicted molar refractivity (Wildman–Crippen MR) is 135 cm³/mol. The second kappa shape index (κ2) is 12.7. The lowest BCUT2D eigenvalue weighted by Gasteiger charge is -2.32. The minimum atomic E-state index is -2.00. The molecule has 0 saturated carbocycles. The second-order valence-electron chi connectivity index (χ2n) is 8.43. The number of carboxylic acid groups (broad SMARTS) is 1. The molecule has 184 valence electrons. The first-order chi connectivity index (χ1) is 16.0. The van der Waals surface area contributed by atoms with Gasteiger partial charge in [-0.3, -0.25) is 4.79 Å². The zero-order valence-electron chi connectivity index (χ0n) is 19.2. The van der Waals surface area contributed by atoms with Crippen molar-refractivity contribution >= 4 is 47.3 Å². The van der Waals surface area contributed by atoms with E-state index in [0.717, 1.165) is 10.5 Å². The SMILES string of the molecule is CC(C)C[C@@H](C(=O)O)N(C(=O)Nc1ccc(CS(=O)O)cc1)C(=O)C(S)C(C)c1ccccc1. The molecule has 2 aromatic rings. The Hall–Kier alpha value is -2.69. The summed E-state index contributed by atoms with van der Waals surface area (Å²) in [4.78, 5) is 39.5. The number of nitrogens with one attached hydrogen (secondary N) is 1. The predicted octanol–water partition coefficient (Wildman–Crippen LogP) is 4.37. The third-order valence-electron chi connectivity index (χ3n) is 5.29. The van der Waals surface area contributed by atoms with E-state index in [-0.39, 0.29) is 24.0 Å². The van der Waals surface area contributed by atoms with E-state index in [1.54, 1.807) is 19.1 Å². The highest BCUT2D eigenvalue weighted by Crippen LogP contribution is 2.27. The van der Waals surface area contributed by atoms with E-state index in [9.17, 15) is 23.7 Å². The molecule has 0 aliphatic carbocycles. The van der Waals surface area contributed by atoms with E-state index >= 15 is 0 Å². The van der Waals surface area contributed by atoms with Crippen LogP contribution in [0, 0.1) is 5.92 Å². The molecule has 3 unspecified atom stereocenters. The smallest absolute Gasteiger partial charge is 0.329 e. The molecule has 0 heterocycles. The van der Waals surface area contributed by atoms with Crippen molar-refractivity contribution in [1.29, 1.82) is 0 Å². The van der Waals surface area contributed by atoms with Crippen LogP contribution in [0.4, 0.5) is 10.5 Å². The fourth-order valence-electron chi connectivity index (χ4n) is 3.46. The number of amides is 3. The fraction of sp³-hybridized carbons (Fsp3) is 0.375. The Labute approximate surface area is 207 Å². The Balaban J connectivity index is 2.34. The third-order valence-corrected chi connectivity index (χ3v) is 6.54. The van der Waals surface area contributed by atoms with Crippen LogP contribution in [-0.2, 0) is 26.4 Å². The summed E-state index contributed by atoms with van der Waals surface area (Å²) < 4.78 is 20.0. The average molecular weight is 507 g/mol. The van der Waals surface area contributed by atoms with Crippen LogP contribution in [0.25, 0.3) is 0 Å². The van der Waals surface area contributed by atoms with Gasteiger partial charge in [0, 0.05) is 11.6 Å². The van der Waals surface area contributed by atoms with Gasteiger partial charge in [0.2, 0.25) is 5.91 Å². The number of carboxylic acids is 1. The highest BCUT2D eigenvalue weighted by molar-refractivity contribution is 7.81. The van der Waals surface area contributed by atoms with Crippen LogP contribution >= 0.6 is 12.6 Å². The minimum Gasteiger partial charge on any atom is -0.480 e. The number of nitrogens with zero attached hydrogens (tertiary/aromatic N) is 1. The topological polar surface area (TPSA) is 124 Å². The molecular weight excluding hydrogens is 476 g/mol. The first-order valence-corrected chi connectivity index (χ1v) is 12.6. The van der Waals surface area contributed by atoms with Crippen molar-refractivity contribution in [2.24, 2.45) is 5.92 Å². The summed E-state index contributed by atoms with van der Waals surface area (Å²) >= 11 is 2.47. The van der Waals surface area contributed by atoms with Crippen LogP contribution in [0.15, 0.2) is 54.6 Å². The van der Waals surface area contributed by atoms with Gasteiger partial charge in [-0.1, -0.05) is 63.2 Å². The van der Waals surface area contributed by atoms with E-state index < -0.39 is 40.3 Å². The number of carbonyl (C=O) groups excluding carboxylic acids is 2. The molecule has 2 rings (SSSR count). The minimum absolute atomic E-state index is 0.0625. The van der Waals surface area contributed by atoms with Gasteiger partial charge in [0.05, 0.1) is 11.0 Å². The zero-order chi connectivity index (χ0) is 25.4. The maximum Gasteiger partial charge on any atom is 0.329 e. The normalized spacial score (nSPS) is 14.6. The summed E-state index contributed by atoms with van der Waals surface area (Å²) in [5.74, 6) is -2.52. The molecule has 10 heteroatoms. The molecule has 0 aliphatic rings. The van der Waals surface area contributed by atoms with Crippen LogP contribution in [-0.4, -0.2) is 48.0 Å². The van der Waals surface area contributed by atoms with Crippen LogP contribution in [0.5, 0.6) is 0 Å². The van der Waals surface area contributed by atoms with Gasteiger partial charge in [0.15, 0.2) is 11.1 Å². The Morgan fingerprint density at radius 2 is 1.62 bits per heavy atom. The molecule has 0 spiro atoms. The molecule has 34 heavy (non-hydrogen) atoms. The molecule has 0 bridgehead atoms. The largest absolute Gasteiger partial charge is 0.480 e. The molecule has 0 radical (unpaired) electrons. The number of carbonyl (C=O) groups is 3. The van der Waals surface area contributed by atoms with Crippen LogP contribution in [0.2, 0.25) is 0 Å². The van der Waals surface area contributed by atoms with Crippen LogP contribution in [0.3, 0.4) is 0 Å². The summed E-state index contributed by atoms with van der Waals surface area (Å²) in [6, 6.07) is 13.1. The summed E-state index contributed by atoms with van der Waals surface area (Å²) in [7, 11) is 0. The van der Waals surface area contributed by atoms with Crippen molar-refractivity contribution in [3.63, 3.8) is 0 Å². The molecule has 3 N–H and O–H groups in total. The fourth-order valence-corrected chi connectivity index (χ4v) is 4.24. The van der Waals surface area contributed by atoms with E-state index in [0.29, 0.717) is 11.3 Å². The number of anilines is 1. The maximum absolute atomic E-state index is 13.5. The lowest BCUT2D eigenvalue weighted by Crippen LogP contribution is -2.54. The second-order valence-corrected chi connectivity index (χ2v) is 9.92. The summed E-state index contributed by atoms with van der Waals surface area (Å²) in [6.45, 7) is 5.42. The molecule has 0 saturated heterocycles. The number of thiol groups is 1. The highest BCUT2D eigenvalue weighted by atomic mass is 32.2. The average Bonchev–Trinajstić information content (AvgIpc) is 2.78. The van der Waals surface area contributed by atoms with Gasteiger partial charge < -0.3 is 15.0 Å². The van der Waals surface area contributed by atoms with Gasteiger partial charge in [-0.25, -0.2) is 18.7 Å². The molecule has 2 aromatic carbocycles. The van der Waals surface area contributed by atoms with Gasteiger partial charge in [-0.2, -0.15) is 12.6 Å². The van der Waals surface area contributed by atoms with Gasteiger partial charge in [-0.15, -0.1) is 0 Å².